The molecule has 0 amide bonds. The summed E-state index contributed by atoms with van der Waals surface area (Å²) in [6.45, 7) is 0.639. The van der Waals surface area contributed by atoms with Crippen molar-refractivity contribution in [1.82, 2.24) is 0 Å². The first-order valence-electron chi connectivity index (χ1n) is 2.82. The fourth-order valence-corrected chi connectivity index (χ4v) is 1.73. The lowest BCUT2D eigenvalue weighted by molar-refractivity contribution is 0.101. The van der Waals surface area contributed by atoms with Crippen LogP contribution in [0.15, 0.2) is 0 Å². The van der Waals surface area contributed by atoms with Crippen LogP contribution in [0.25, 0.3) is 0 Å². The maximum absolute atomic E-state index is 12.5. The summed E-state index contributed by atoms with van der Waals surface area (Å²) >= 11 is 0. The van der Waals surface area contributed by atoms with Gasteiger partial charge in [0.05, 0.1) is 0 Å². The van der Waals surface area contributed by atoms with Crippen molar-refractivity contribution >= 4 is 9.24 Å². The summed E-state index contributed by atoms with van der Waals surface area (Å²) in [5.74, 6) is 0.442. The fraction of sp³-hybridized carbons (Fsp3) is 1.00. The predicted octanol–water partition coefficient (Wildman–Crippen LogP) is 0.896. The van der Waals surface area contributed by atoms with Gasteiger partial charge in [0.15, 0.2) is 0 Å². The van der Waals surface area contributed by atoms with Crippen LogP contribution in [0.3, 0.4) is 0 Å². The molecule has 0 aromatic rings. The van der Waals surface area contributed by atoms with Gasteiger partial charge in [-0.15, -0.1) is 0 Å². The molecule has 0 spiro atoms. The second kappa shape index (κ2) is 1.93. The molecule has 1 saturated carbocycles. The first-order chi connectivity index (χ1) is 3.64. The normalized spacial score (nSPS) is 46.1. The van der Waals surface area contributed by atoms with Gasteiger partial charge in [0.1, 0.15) is 5.41 Å². The van der Waals surface area contributed by atoms with Crippen LogP contribution >= 0.6 is 9.24 Å². The third-order valence-corrected chi connectivity index (χ3v) is 2.06. The lowest BCUT2D eigenvalue weighted by Gasteiger charge is -2.37. The molecule has 0 radical (unpaired) electrons. The molecule has 0 aromatic carbocycles. The van der Waals surface area contributed by atoms with E-state index in [1.165, 1.54) is 0 Å². The van der Waals surface area contributed by atoms with E-state index in [2.05, 4.69) is 9.24 Å². The first kappa shape index (κ1) is 6.44. The van der Waals surface area contributed by atoms with E-state index in [1.807, 2.05) is 0 Å². The molecule has 3 heteroatoms. The van der Waals surface area contributed by atoms with Crippen molar-refractivity contribution in [2.45, 2.75) is 18.3 Å². The van der Waals surface area contributed by atoms with E-state index in [-0.39, 0.29) is 0 Å². The summed E-state index contributed by atoms with van der Waals surface area (Å²) in [5.41, 5.74) is 5.28. The van der Waals surface area contributed by atoms with Gasteiger partial charge in [-0.3, -0.25) is 0 Å². The summed E-state index contributed by atoms with van der Waals surface area (Å²) in [6.07, 6.45) is 1.27. The van der Waals surface area contributed by atoms with Crippen molar-refractivity contribution in [3.63, 3.8) is 0 Å². The molecule has 1 aliphatic carbocycles. The molecule has 48 valence electrons. The second-order valence-electron chi connectivity index (χ2n) is 2.54. The SMILES string of the molecule is NCC1CC(F)(P)C1. The van der Waals surface area contributed by atoms with Crippen molar-refractivity contribution < 1.29 is 4.39 Å². The van der Waals surface area contributed by atoms with Crippen LogP contribution in [0.1, 0.15) is 12.8 Å². The van der Waals surface area contributed by atoms with Gasteiger partial charge < -0.3 is 5.73 Å². The zero-order valence-corrected chi connectivity index (χ0v) is 5.89. The Labute approximate surface area is 51.0 Å². The number of nitrogens with two attached hydrogens (primary N) is 1. The Kier molecular flexibility index (Phi) is 1.55. The minimum absolute atomic E-state index is 0.442. The fourth-order valence-electron chi connectivity index (χ4n) is 1.07. The van der Waals surface area contributed by atoms with E-state index in [0.29, 0.717) is 25.3 Å². The average Bonchev–Trinajstić information content (AvgIpc) is 1.60. The zero-order chi connectivity index (χ0) is 6.20. The highest BCUT2D eigenvalue weighted by molar-refractivity contribution is 7.18. The molecule has 2 N–H and O–H groups in total. The molecule has 1 fully saturated rings. The molecule has 0 bridgehead atoms. The van der Waals surface area contributed by atoms with Crippen LogP contribution in [-0.4, -0.2) is 12.0 Å². The lowest BCUT2D eigenvalue weighted by Crippen LogP contribution is -2.37. The number of hydrogen-bond donors (Lipinski definition) is 1. The molecule has 8 heavy (non-hydrogen) atoms. The largest absolute Gasteiger partial charge is 0.330 e. The standard InChI is InChI=1S/C5H11FNP/c6-5(8)1-4(2-5)3-7/h4H,1-3,7-8H2. The van der Waals surface area contributed by atoms with Crippen molar-refractivity contribution in [3.05, 3.63) is 0 Å². The Morgan fingerprint density at radius 3 is 2.38 bits per heavy atom. The summed E-state index contributed by atoms with van der Waals surface area (Å²) in [5, 5.41) is -0.968. The summed E-state index contributed by atoms with van der Waals surface area (Å²) in [7, 11) is 2.21. The van der Waals surface area contributed by atoms with E-state index in [0.717, 1.165) is 0 Å². The summed E-state index contributed by atoms with van der Waals surface area (Å²) < 4.78 is 12.5. The molecular formula is C5H11FNP. The van der Waals surface area contributed by atoms with Gasteiger partial charge in [-0.05, 0) is 25.3 Å². The molecule has 0 aromatic heterocycles. The van der Waals surface area contributed by atoms with Crippen molar-refractivity contribution in [3.8, 4) is 0 Å². The third-order valence-electron chi connectivity index (χ3n) is 1.59. The molecule has 1 atom stereocenters. The molecule has 1 aliphatic rings. The maximum atomic E-state index is 12.5. The highest BCUT2D eigenvalue weighted by atomic mass is 31.0. The van der Waals surface area contributed by atoms with Crippen LogP contribution < -0.4 is 5.73 Å². The number of halogens is 1. The van der Waals surface area contributed by atoms with Gasteiger partial charge in [-0.2, -0.15) is 0 Å². The van der Waals surface area contributed by atoms with Crippen LogP contribution in [0.5, 0.6) is 0 Å². The Hall–Kier alpha value is 0.320. The molecule has 0 aliphatic heterocycles. The quantitative estimate of drug-likeness (QED) is 0.531. The third kappa shape index (κ3) is 1.18. The van der Waals surface area contributed by atoms with Crippen LogP contribution in [0, 0.1) is 5.92 Å². The van der Waals surface area contributed by atoms with Crippen molar-refractivity contribution in [2.75, 3.05) is 6.54 Å². The Balaban J connectivity index is 2.21. The van der Waals surface area contributed by atoms with E-state index in [1.54, 1.807) is 0 Å². The van der Waals surface area contributed by atoms with Gasteiger partial charge in [0.25, 0.3) is 0 Å². The Morgan fingerprint density at radius 2 is 2.25 bits per heavy atom. The maximum Gasteiger partial charge on any atom is 0.124 e. The minimum atomic E-state index is -0.968. The van der Waals surface area contributed by atoms with Gasteiger partial charge in [0, 0.05) is 0 Å². The minimum Gasteiger partial charge on any atom is -0.330 e. The molecule has 1 rings (SSSR count). The van der Waals surface area contributed by atoms with Crippen LogP contribution in [0.2, 0.25) is 0 Å². The predicted molar refractivity (Wildman–Crippen MR) is 35.3 cm³/mol. The number of rotatable bonds is 1. The molecular weight excluding hydrogens is 124 g/mol. The van der Waals surface area contributed by atoms with E-state index < -0.39 is 5.41 Å². The van der Waals surface area contributed by atoms with Crippen molar-refractivity contribution in [1.29, 1.82) is 0 Å². The van der Waals surface area contributed by atoms with Crippen LogP contribution in [-0.2, 0) is 0 Å². The molecule has 1 unspecified atom stereocenters. The van der Waals surface area contributed by atoms with Gasteiger partial charge >= 0.3 is 0 Å². The topological polar surface area (TPSA) is 26.0 Å². The van der Waals surface area contributed by atoms with Crippen LogP contribution in [0.4, 0.5) is 4.39 Å². The Bertz CT molecular complexity index is 86.4. The lowest BCUT2D eigenvalue weighted by atomic mass is 9.83. The Morgan fingerprint density at radius 1 is 1.75 bits per heavy atom. The number of hydrogen-bond acceptors (Lipinski definition) is 1. The monoisotopic (exact) mass is 135 g/mol. The summed E-state index contributed by atoms with van der Waals surface area (Å²) in [4.78, 5) is 0. The summed E-state index contributed by atoms with van der Waals surface area (Å²) in [6, 6.07) is 0. The zero-order valence-electron chi connectivity index (χ0n) is 4.73. The smallest absolute Gasteiger partial charge is 0.124 e. The van der Waals surface area contributed by atoms with E-state index >= 15 is 0 Å². The molecule has 0 saturated heterocycles. The van der Waals surface area contributed by atoms with E-state index in [9.17, 15) is 4.39 Å². The molecule has 0 heterocycles. The van der Waals surface area contributed by atoms with Crippen molar-refractivity contribution in [2.24, 2.45) is 11.7 Å². The van der Waals surface area contributed by atoms with Gasteiger partial charge in [-0.25, -0.2) is 4.39 Å². The highest BCUT2D eigenvalue weighted by Gasteiger charge is 2.39. The van der Waals surface area contributed by atoms with Gasteiger partial charge in [0.2, 0.25) is 0 Å². The molecule has 1 nitrogen and oxygen atoms in total. The van der Waals surface area contributed by atoms with E-state index in [4.69, 9.17) is 5.73 Å². The van der Waals surface area contributed by atoms with Gasteiger partial charge in [-0.1, -0.05) is 9.24 Å². The second-order valence-corrected chi connectivity index (χ2v) is 3.58. The highest BCUT2D eigenvalue weighted by Crippen LogP contribution is 2.45. The average molecular weight is 135 g/mol. The first-order valence-corrected chi connectivity index (χ1v) is 3.40. The number of alkyl halides is 1.